The monoisotopic (exact) mass is 267 g/mol. The summed E-state index contributed by atoms with van der Waals surface area (Å²) in [4.78, 5) is 8.30. The number of aromatic nitrogens is 2. The first-order valence-electron chi connectivity index (χ1n) is 6.63. The van der Waals surface area contributed by atoms with Crippen LogP contribution < -0.4 is 10.6 Å². The lowest BCUT2D eigenvalue weighted by molar-refractivity contribution is 0.114. The van der Waals surface area contributed by atoms with E-state index in [1.54, 1.807) is 7.05 Å². The van der Waals surface area contributed by atoms with Crippen LogP contribution in [0, 0.1) is 6.92 Å². The SMILES string of the molecule is CN=C(NCCc1nc(C)no1)NCC1CCCO1. The highest BCUT2D eigenvalue weighted by molar-refractivity contribution is 5.79. The van der Waals surface area contributed by atoms with Gasteiger partial charge in [-0.3, -0.25) is 4.99 Å². The molecule has 0 amide bonds. The molecule has 0 saturated carbocycles. The Morgan fingerprint density at radius 2 is 2.37 bits per heavy atom. The van der Waals surface area contributed by atoms with E-state index in [2.05, 4.69) is 25.8 Å². The van der Waals surface area contributed by atoms with Crippen LogP contribution in [0.15, 0.2) is 9.52 Å². The molecular weight excluding hydrogens is 246 g/mol. The fraction of sp³-hybridized carbons (Fsp3) is 0.750. The van der Waals surface area contributed by atoms with Crippen molar-refractivity contribution in [3.8, 4) is 0 Å². The van der Waals surface area contributed by atoms with Crippen LogP contribution in [0.2, 0.25) is 0 Å². The van der Waals surface area contributed by atoms with Crippen LogP contribution in [0.3, 0.4) is 0 Å². The lowest BCUT2D eigenvalue weighted by Gasteiger charge is -2.14. The van der Waals surface area contributed by atoms with Crippen molar-refractivity contribution in [2.24, 2.45) is 4.99 Å². The molecule has 1 aromatic heterocycles. The summed E-state index contributed by atoms with van der Waals surface area (Å²) in [7, 11) is 1.75. The Labute approximate surface area is 112 Å². The molecule has 1 saturated heterocycles. The van der Waals surface area contributed by atoms with Crippen LogP contribution in [0.25, 0.3) is 0 Å². The summed E-state index contributed by atoms with van der Waals surface area (Å²) in [5.74, 6) is 2.07. The van der Waals surface area contributed by atoms with Crippen molar-refractivity contribution in [3.05, 3.63) is 11.7 Å². The number of nitrogens with one attached hydrogen (secondary N) is 2. The number of aryl methyl sites for hydroxylation is 1. The van der Waals surface area contributed by atoms with E-state index < -0.39 is 0 Å². The van der Waals surface area contributed by atoms with Crippen LogP contribution in [0.4, 0.5) is 0 Å². The van der Waals surface area contributed by atoms with Crippen LogP contribution in [0.5, 0.6) is 0 Å². The largest absolute Gasteiger partial charge is 0.376 e. The van der Waals surface area contributed by atoms with Gasteiger partial charge in [0.25, 0.3) is 0 Å². The Bertz CT molecular complexity index is 412. The zero-order valence-corrected chi connectivity index (χ0v) is 11.5. The molecule has 7 heteroatoms. The Kier molecular flexibility index (Phi) is 5.14. The molecule has 0 bridgehead atoms. The topological polar surface area (TPSA) is 84.6 Å². The molecule has 106 valence electrons. The second kappa shape index (κ2) is 7.08. The third kappa shape index (κ3) is 4.51. The second-order valence-electron chi connectivity index (χ2n) is 4.50. The lowest BCUT2D eigenvalue weighted by atomic mass is 10.2. The van der Waals surface area contributed by atoms with E-state index in [1.165, 1.54) is 0 Å². The minimum absolute atomic E-state index is 0.303. The molecule has 1 aliphatic heterocycles. The summed E-state index contributed by atoms with van der Waals surface area (Å²) < 4.78 is 10.6. The van der Waals surface area contributed by atoms with Crippen molar-refractivity contribution in [2.45, 2.75) is 32.3 Å². The number of rotatable bonds is 5. The fourth-order valence-electron chi connectivity index (χ4n) is 1.97. The smallest absolute Gasteiger partial charge is 0.228 e. The molecule has 2 rings (SSSR count). The molecule has 0 aromatic carbocycles. The molecule has 0 aliphatic carbocycles. The van der Waals surface area contributed by atoms with E-state index in [0.29, 0.717) is 30.8 Å². The van der Waals surface area contributed by atoms with Gasteiger partial charge < -0.3 is 19.9 Å². The third-order valence-corrected chi connectivity index (χ3v) is 2.95. The molecule has 1 aromatic rings. The second-order valence-corrected chi connectivity index (χ2v) is 4.50. The molecule has 7 nitrogen and oxygen atoms in total. The van der Waals surface area contributed by atoms with E-state index in [1.807, 2.05) is 6.92 Å². The summed E-state index contributed by atoms with van der Waals surface area (Å²) in [5.41, 5.74) is 0. The lowest BCUT2D eigenvalue weighted by Crippen LogP contribution is -2.41. The highest BCUT2D eigenvalue weighted by Gasteiger charge is 2.15. The van der Waals surface area contributed by atoms with Gasteiger partial charge in [0.1, 0.15) is 0 Å². The quantitative estimate of drug-likeness (QED) is 0.588. The summed E-state index contributed by atoms with van der Waals surface area (Å²) in [6.45, 7) is 4.17. The summed E-state index contributed by atoms with van der Waals surface area (Å²) in [6.07, 6.45) is 3.25. The van der Waals surface area contributed by atoms with Crippen molar-refractivity contribution in [1.82, 2.24) is 20.8 Å². The maximum Gasteiger partial charge on any atom is 0.228 e. The third-order valence-electron chi connectivity index (χ3n) is 2.95. The van der Waals surface area contributed by atoms with Crippen molar-refractivity contribution < 1.29 is 9.26 Å². The van der Waals surface area contributed by atoms with Gasteiger partial charge in [-0.1, -0.05) is 5.16 Å². The van der Waals surface area contributed by atoms with E-state index in [0.717, 1.165) is 32.0 Å². The van der Waals surface area contributed by atoms with Gasteiger partial charge in [-0.25, -0.2) is 0 Å². The maximum atomic E-state index is 5.55. The van der Waals surface area contributed by atoms with E-state index in [9.17, 15) is 0 Å². The van der Waals surface area contributed by atoms with Gasteiger partial charge in [0.15, 0.2) is 11.8 Å². The highest BCUT2D eigenvalue weighted by atomic mass is 16.5. The van der Waals surface area contributed by atoms with Gasteiger partial charge in [-0.05, 0) is 19.8 Å². The molecule has 1 atom stereocenters. The molecule has 1 aliphatic rings. The van der Waals surface area contributed by atoms with Crippen molar-refractivity contribution in [3.63, 3.8) is 0 Å². The molecule has 2 heterocycles. The first-order valence-corrected chi connectivity index (χ1v) is 6.63. The van der Waals surface area contributed by atoms with Crippen LogP contribution in [-0.4, -0.2) is 48.9 Å². The average molecular weight is 267 g/mol. The predicted octanol–water partition coefficient (Wildman–Crippen LogP) is 0.265. The summed E-state index contributed by atoms with van der Waals surface area (Å²) in [5, 5.41) is 10.2. The van der Waals surface area contributed by atoms with Crippen LogP contribution in [0.1, 0.15) is 24.6 Å². The Morgan fingerprint density at radius 1 is 1.47 bits per heavy atom. The Morgan fingerprint density at radius 3 is 3.00 bits per heavy atom. The Hall–Kier alpha value is -1.63. The normalized spacial score (nSPS) is 19.7. The first-order chi connectivity index (χ1) is 9.28. The number of nitrogens with zero attached hydrogens (tertiary/aromatic N) is 3. The molecule has 19 heavy (non-hydrogen) atoms. The van der Waals surface area contributed by atoms with Crippen molar-refractivity contribution >= 4 is 5.96 Å². The average Bonchev–Trinajstić information content (AvgIpc) is 3.05. The van der Waals surface area contributed by atoms with Gasteiger partial charge in [-0.15, -0.1) is 0 Å². The minimum Gasteiger partial charge on any atom is -0.376 e. The first kappa shape index (κ1) is 13.8. The van der Waals surface area contributed by atoms with Gasteiger partial charge in [0.05, 0.1) is 6.10 Å². The van der Waals surface area contributed by atoms with Crippen molar-refractivity contribution in [1.29, 1.82) is 0 Å². The van der Waals surface area contributed by atoms with Crippen LogP contribution >= 0.6 is 0 Å². The van der Waals surface area contributed by atoms with E-state index >= 15 is 0 Å². The van der Waals surface area contributed by atoms with Gasteiger partial charge in [0.2, 0.25) is 5.89 Å². The van der Waals surface area contributed by atoms with Gasteiger partial charge >= 0.3 is 0 Å². The van der Waals surface area contributed by atoms with Crippen LogP contribution in [-0.2, 0) is 11.2 Å². The number of hydrogen-bond acceptors (Lipinski definition) is 5. The number of ether oxygens (including phenoxy) is 1. The van der Waals surface area contributed by atoms with Gasteiger partial charge in [-0.2, -0.15) is 4.98 Å². The summed E-state index contributed by atoms with van der Waals surface area (Å²) in [6, 6.07) is 0. The number of guanidine groups is 1. The zero-order chi connectivity index (χ0) is 13.5. The number of hydrogen-bond donors (Lipinski definition) is 2. The molecule has 1 fully saturated rings. The molecule has 2 N–H and O–H groups in total. The highest BCUT2D eigenvalue weighted by Crippen LogP contribution is 2.10. The van der Waals surface area contributed by atoms with Gasteiger partial charge in [0, 0.05) is 33.2 Å². The zero-order valence-electron chi connectivity index (χ0n) is 11.5. The Balaban J connectivity index is 1.64. The minimum atomic E-state index is 0.303. The molecule has 0 spiro atoms. The maximum absolute atomic E-state index is 5.55. The number of aliphatic imine (C=N–C) groups is 1. The molecular formula is C12H21N5O2. The molecule has 0 radical (unpaired) electrons. The standard InChI is InChI=1S/C12H21N5O2/c1-9-16-11(19-17-9)5-6-14-12(13-2)15-8-10-4-3-7-18-10/h10H,3-8H2,1-2H3,(H2,13,14,15). The van der Waals surface area contributed by atoms with E-state index in [-0.39, 0.29) is 0 Å². The summed E-state index contributed by atoms with van der Waals surface area (Å²) >= 11 is 0. The molecule has 1 unspecified atom stereocenters. The van der Waals surface area contributed by atoms with Crippen molar-refractivity contribution in [2.75, 3.05) is 26.7 Å². The van der Waals surface area contributed by atoms with E-state index in [4.69, 9.17) is 9.26 Å². The predicted molar refractivity (Wildman–Crippen MR) is 71.1 cm³/mol. The fourth-order valence-corrected chi connectivity index (χ4v) is 1.97.